The number of piperazine rings is 1. The van der Waals surface area contributed by atoms with Gasteiger partial charge >= 0.3 is 0 Å². The van der Waals surface area contributed by atoms with Crippen molar-refractivity contribution in [1.29, 1.82) is 0 Å². The highest BCUT2D eigenvalue weighted by Crippen LogP contribution is 2.33. The lowest BCUT2D eigenvalue weighted by Gasteiger charge is -2.35. The van der Waals surface area contributed by atoms with Crippen LogP contribution >= 0.6 is 11.3 Å². The van der Waals surface area contributed by atoms with Crippen LogP contribution in [0, 0.1) is 11.6 Å². The predicted octanol–water partition coefficient (Wildman–Crippen LogP) is 5.09. The van der Waals surface area contributed by atoms with Crippen LogP contribution in [0.1, 0.15) is 17.3 Å². The molecule has 1 aliphatic rings. The third-order valence-corrected chi connectivity index (χ3v) is 6.71. The van der Waals surface area contributed by atoms with Gasteiger partial charge in [-0.15, -0.1) is 0 Å². The van der Waals surface area contributed by atoms with Crippen molar-refractivity contribution < 1.29 is 18.3 Å². The van der Waals surface area contributed by atoms with Crippen LogP contribution in [0.5, 0.6) is 5.75 Å². The maximum absolute atomic E-state index is 14.0. The molecule has 3 aromatic carbocycles. The fourth-order valence-corrected chi connectivity index (χ4v) is 5.14. The minimum atomic E-state index is -0.657. The quantitative estimate of drug-likeness (QED) is 0.432. The molecule has 1 aliphatic heterocycles. The molecule has 0 unspecified atom stereocenters. The van der Waals surface area contributed by atoms with Crippen molar-refractivity contribution >= 4 is 43.4 Å². The smallest absolute Gasteiger partial charge is 0.258 e. The number of ether oxygens (including phenoxy) is 1. The number of nitrogens with zero attached hydrogens (tertiary/aromatic N) is 3. The summed E-state index contributed by atoms with van der Waals surface area (Å²) in [7, 11) is 0. The van der Waals surface area contributed by atoms with Crippen LogP contribution in [0.3, 0.4) is 0 Å². The Hall–Kier alpha value is -3.26. The molecule has 0 saturated carbocycles. The summed E-state index contributed by atoms with van der Waals surface area (Å²) in [5, 5.41) is 2.49. The molecule has 0 atom stereocenters. The maximum Gasteiger partial charge on any atom is 0.258 e. The average Bonchev–Trinajstić information content (AvgIpc) is 3.23. The molecule has 4 aromatic rings. The topological polar surface area (TPSA) is 45.7 Å². The van der Waals surface area contributed by atoms with E-state index in [1.54, 1.807) is 0 Å². The van der Waals surface area contributed by atoms with Gasteiger partial charge in [0.25, 0.3) is 5.91 Å². The average molecular weight is 454 g/mol. The van der Waals surface area contributed by atoms with E-state index in [4.69, 9.17) is 4.74 Å². The number of carbonyl (C=O) groups excluding carboxylic acids is 1. The summed E-state index contributed by atoms with van der Waals surface area (Å²) in [6.07, 6.45) is 0. The normalized spacial score (nSPS) is 14.3. The first-order valence-corrected chi connectivity index (χ1v) is 11.3. The van der Waals surface area contributed by atoms with Gasteiger partial charge in [0.1, 0.15) is 17.1 Å². The van der Waals surface area contributed by atoms with Crippen molar-refractivity contribution in [2.75, 3.05) is 37.7 Å². The zero-order valence-electron chi connectivity index (χ0n) is 17.5. The molecule has 1 amide bonds. The Morgan fingerprint density at radius 2 is 1.88 bits per heavy atom. The Morgan fingerprint density at radius 1 is 1.09 bits per heavy atom. The molecule has 0 N–H and O–H groups in total. The van der Waals surface area contributed by atoms with Gasteiger partial charge < -0.3 is 14.5 Å². The monoisotopic (exact) mass is 453 g/mol. The molecule has 1 aromatic heterocycles. The molecule has 2 heterocycles. The van der Waals surface area contributed by atoms with Crippen LogP contribution < -0.4 is 9.64 Å². The predicted molar refractivity (Wildman–Crippen MR) is 123 cm³/mol. The zero-order valence-corrected chi connectivity index (χ0v) is 18.3. The molecular weight excluding hydrogens is 432 g/mol. The minimum Gasteiger partial charge on any atom is -0.493 e. The van der Waals surface area contributed by atoms with Crippen LogP contribution in [0.2, 0.25) is 0 Å². The molecule has 0 radical (unpaired) electrons. The number of benzene rings is 3. The molecule has 5 rings (SSSR count). The lowest BCUT2D eigenvalue weighted by molar-refractivity contribution is 0.0744. The Kier molecular flexibility index (Phi) is 5.38. The van der Waals surface area contributed by atoms with E-state index in [0.717, 1.165) is 16.8 Å². The number of amides is 1. The second-order valence-corrected chi connectivity index (χ2v) is 8.61. The van der Waals surface area contributed by atoms with Gasteiger partial charge in [-0.05, 0) is 29.8 Å². The lowest BCUT2D eigenvalue weighted by atomic mass is 10.0. The van der Waals surface area contributed by atoms with E-state index in [-0.39, 0.29) is 11.4 Å². The summed E-state index contributed by atoms with van der Waals surface area (Å²) in [6.45, 7) is 4.49. The largest absolute Gasteiger partial charge is 0.493 e. The molecule has 0 aliphatic carbocycles. The first kappa shape index (κ1) is 20.6. The standard InChI is InChI=1S/C24H21F2N3O2S/c1-2-31-19-8-7-15-5-3-4-6-17(15)21(19)23(30)28-9-11-29(12-10-28)24-27-22-18(26)13-16(25)14-20(22)32-24/h3-8,13-14H,2,9-12H2,1H3. The number of halogens is 2. The van der Waals surface area contributed by atoms with Gasteiger partial charge in [-0.3, -0.25) is 4.79 Å². The van der Waals surface area contributed by atoms with Crippen molar-refractivity contribution in [1.82, 2.24) is 9.88 Å². The highest BCUT2D eigenvalue weighted by Gasteiger charge is 2.27. The molecule has 0 bridgehead atoms. The Labute approximate surface area is 187 Å². The van der Waals surface area contributed by atoms with Crippen molar-refractivity contribution in [3.05, 3.63) is 65.7 Å². The number of hydrogen-bond acceptors (Lipinski definition) is 5. The van der Waals surface area contributed by atoms with E-state index in [0.29, 0.717) is 53.9 Å². The number of carbonyl (C=O) groups is 1. The second-order valence-electron chi connectivity index (χ2n) is 7.60. The molecule has 8 heteroatoms. The molecule has 0 spiro atoms. The first-order valence-electron chi connectivity index (χ1n) is 10.5. The fraction of sp³-hybridized carbons (Fsp3) is 0.250. The third kappa shape index (κ3) is 3.64. The molecule has 32 heavy (non-hydrogen) atoms. The van der Waals surface area contributed by atoms with Crippen molar-refractivity contribution in [2.24, 2.45) is 0 Å². The zero-order chi connectivity index (χ0) is 22.2. The van der Waals surface area contributed by atoms with Crippen LogP contribution in [-0.4, -0.2) is 48.6 Å². The summed E-state index contributed by atoms with van der Waals surface area (Å²) in [4.78, 5) is 21.7. The Balaban J connectivity index is 1.38. The van der Waals surface area contributed by atoms with Crippen molar-refractivity contribution in [3.8, 4) is 5.75 Å². The SMILES string of the molecule is CCOc1ccc2ccccc2c1C(=O)N1CCN(c2nc3c(F)cc(F)cc3s2)CC1. The summed E-state index contributed by atoms with van der Waals surface area (Å²) in [5.74, 6) is -0.749. The van der Waals surface area contributed by atoms with Gasteiger partial charge in [0.05, 0.1) is 16.9 Å². The number of anilines is 1. The van der Waals surface area contributed by atoms with E-state index < -0.39 is 11.6 Å². The summed E-state index contributed by atoms with van der Waals surface area (Å²) < 4.78 is 33.8. The highest BCUT2D eigenvalue weighted by atomic mass is 32.1. The van der Waals surface area contributed by atoms with Gasteiger partial charge in [-0.25, -0.2) is 13.8 Å². The summed E-state index contributed by atoms with van der Waals surface area (Å²) in [6, 6.07) is 13.8. The van der Waals surface area contributed by atoms with E-state index >= 15 is 0 Å². The van der Waals surface area contributed by atoms with Crippen LogP contribution in [0.15, 0.2) is 48.5 Å². The molecule has 1 fully saturated rings. The van der Waals surface area contributed by atoms with Gasteiger partial charge in [0, 0.05) is 32.2 Å². The molecule has 164 valence electrons. The van der Waals surface area contributed by atoms with E-state index in [1.807, 2.05) is 53.1 Å². The number of hydrogen-bond donors (Lipinski definition) is 0. The number of fused-ring (bicyclic) bond motifs is 2. The maximum atomic E-state index is 14.0. The molecule has 5 nitrogen and oxygen atoms in total. The number of rotatable bonds is 4. The number of thiazole rings is 1. The molecular formula is C24H21F2N3O2S. The van der Waals surface area contributed by atoms with Crippen LogP contribution in [0.4, 0.5) is 13.9 Å². The van der Waals surface area contributed by atoms with Crippen LogP contribution in [-0.2, 0) is 0 Å². The van der Waals surface area contributed by atoms with E-state index in [2.05, 4.69) is 4.98 Å². The summed E-state index contributed by atoms with van der Waals surface area (Å²) in [5.41, 5.74) is 0.762. The van der Waals surface area contributed by atoms with Gasteiger partial charge in [0.15, 0.2) is 10.9 Å². The van der Waals surface area contributed by atoms with Gasteiger partial charge in [-0.2, -0.15) is 0 Å². The second kappa shape index (κ2) is 8.35. The van der Waals surface area contributed by atoms with E-state index in [9.17, 15) is 13.6 Å². The van der Waals surface area contributed by atoms with Gasteiger partial charge in [-0.1, -0.05) is 41.7 Å². The van der Waals surface area contributed by atoms with E-state index in [1.165, 1.54) is 17.4 Å². The highest BCUT2D eigenvalue weighted by molar-refractivity contribution is 7.22. The third-order valence-electron chi connectivity index (χ3n) is 5.64. The first-order chi connectivity index (χ1) is 15.5. The van der Waals surface area contributed by atoms with Gasteiger partial charge in [0.2, 0.25) is 0 Å². The minimum absolute atomic E-state index is 0.0673. The molecule has 1 saturated heterocycles. The van der Waals surface area contributed by atoms with Crippen molar-refractivity contribution in [3.63, 3.8) is 0 Å². The van der Waals surface area contributed by atoms with Crippen LogP contribution in [0.25, 0.3) is 21.0 Å². The Bertz CT molecular complexity index is 1320. The van der Waals surface area contributed by atoms with Crippen molar-refractivity contribution in [2.45, 2.75) is 6.92 Å². The summed E-state index contributed by atoms with van der Waals surface area (Å²) >= 11 is 1.26. The fourth-order valence-electron chi connectivity index (χ4n) is 4.09. The lowest BCUT2D eigenvalue weighted by Crippen LogP contribution is -2.48. The Morgan fingerprint density at radius 3 is 2.66 bits per heavy atom. The number of aromatic nitrogens is 1.